The molecule has 0 atom stereocenters. The molecular formula is C20H19NO5. The molecule has 0 saturated carbocycles. The summed E-state index contributed by atoms with van der Waals surface area (Å²) in [7, 11) is 2.87. The topological polar surface area (TPSA) is 66.8 Å². The van der Waals surface area contributed by atoms with Crippen LogP contribution in [0.5, 0.6) is 11.5 Å². The van der Waals surface area contributed by atoms with Crippen LogP contribution in [0.3, 0.4) is 0 Å². The number of hydrogen-bond acceptors (Lipinski definition) is 5. The molecule has 0 saturated heterocycles. The lowest BCUT2D eigenvalue weighted by Gasteiger charge is -2.11. The minimum atomic E-state index is -0.451. The number of hydrogen-bond donors (Lipinski definition) is 0. The first-order valence-corrected chi connectivity index (χ1v) is 8.05. The van der Waals surface area contributed by atoms with Gasteiger partial charge in [-0.3, -0.25) is 4.79 Å². The summed E-state index contributed by atoms with van der Waals surface area (Å²) in [5.41, 5.74) is 2.13. The zero-order valence-corrected chi connectivity index (χ0v) is 14.8. The summed E-state index contributed by atoms with van der Waals surface area (Å²) in [4.78, 5) is 23.6. The van der Waals surface area contributed by atoms with Gasteiger partial charge in [0.2, 0.25) is 0 Å². The zero-order valence-electron chi connectivity index (χ0n) is 14.8. The van der Waals surface area contributed by atoms with E-state index in [0.29, 0.717) is 29.3 Å². The highest BCUT2D eigenvalue weighted by atomic mass is 16.5. The zero-order chi connectivity index (χ0) is 18.7. The second-order valence-electron chi connectivity index (χ2n) is 5.74. The summed E-state index contributed by atoms with van der Waals surface area (Å²) >= 11 is 0. The molecule has 0 bridgehead atoms. The van der Waals surface area contributed by atoms with Crippen molar-refractivity contribution in [2.45, 2.75) is 13.5 Å². The van der Waals surface area contributed by atoms with Gasteiger partial charge < -0.3 is 18.8 Å². The Morgan fingerprint density at radius 2 is 1.77 bits per heavy atom. The molecule has 26 heavy (non-hydrogen) atoms. The van der Waals surface area contributed by atoms with Gasteiger partial charge in [0.15, 0.2) is 0 Å². The molecule has 0 amide bonds. The van der Waals surface area contributed by atoms with Crippen LogP contribution in [0.25, 0.3) is 10.9 Å². The summed E-state index contributed by atoms with van der Waals surface area (Å²) in [6.45, 7) is 1.79. The first kappa shape index (κ1) is 17.5. The van der Waals surface area contributed by atoms with Crippen LogP contribution in [-0.2, 0) is 16.1 Å². The van der Waals surface area contributed by atoms with E-state index in [1.54, 1.807) is 18.2 Å². The maximum absolute atomic E-state index is 12.3. The first-order chi connectivity index (χ1) is 12.5. The Morgan fingerprint density at radius 3 is 2.38 bits per heavy atom. The lowest BCUT2D eigenvalue weighted by atomic mass is 10.2. The van der Waals surface area contributed by atoms with E-state index >= 15 is 0 Å². The lowest BCUT2D eigenvalue weighted by molar-refractivity contribution is -0.131. The summed E-state index contributed by atoms with van der Waals surface area (Å²) < 4.78 is 17.4. The summed E-state index contributed by atoms with van der Waals surface area (Å²) in [5, 5.41) is 0.736. The molecule has 1 heterocycles. The minimum absolute atomic E-state index is 0.352. The van der Waals surface area contributed by atoms with Gasteiger partial charge in [0, 0.05) is 31.0 Å². The van der Waals surface area contributed by atoms with E-state index in [1.807, 2.05) is 34.9 Å². The lowest BCUT2D eigenvalue weighted by Crippen LogP contribution is -2.11. The number of benzene rings is 2. The van der Waals surface area contributed by atoms with Gasteiger partial charge in [-0.05, 0) is 11.6 Å². The average Bonchev–Trinajstić information content (AvgIpc) is 2.99. The summed E-state index contributed by atoms with van der Waals surface area (Å²) in [5.74, 6) is -0.0182. The van der Waals surface area contributed by atoms with Gasteiger partial charge in [-0.25, -0.2) is 4.79 Å². The minimum Gasteiger partial charge on any atom is -0.496 e. The van der Waals surface area contributed by atoms with Crippen LogP contribution in [0.2, 0.25) is 0 Å². The maximum atomic E-state index is 12.3. The van der Waals surface area contributed by atoms with Crippen molar-refractivity contribution in [2.24, 2.45) is 0 Å². The van der Waals surface area contributed by atoms with Gasteiger partial charge in [0.25, 0.3) is 0 Å². The van der Waals surface area contributed by atoms with Crippen molar-refractivity contribution in [3.63, 3.8) is 0 Å². The van der Waals surface area contributed by atoms with Gasteiger partial charge in [0.05, 0.1) is 19.7 Å². The Morgan fingerprint density at radius 1 is 1.04 bits per heavy atom. The second-order valence-corrected chi connectivity index (χ2v) is 5.74. The van der Waals surface area contributed by atoms with E-state index in [1.165, 1.54) is 21.1 Å². The number of fused-ring (bicyclic) bond motifs is 1. The number of carbonyl (C=O) groups excluding carboxylic acids is 2. The normalized spacial score (nSPS) is 10.6. The third-order valence-electron chi connectivity index (χ3n) is 4.02. The first-order valence-electron chi connectivity index (χ1n) is 8.05. The molecule has 3 aromatic rings. The van der Waals surface area contributed by atoms with Crippen LogP contribution in [0.4, 0.5) is 0 Å². The number of aromatic nitrogens is 1. The molecule has 0 spiro atoms. The van der Waals surface area contributed by atoms with Crippen LogP contribution in [0.1, 0.15) is 23.0 Å². The van der Waals surface area contributed by atoms with Gasteiger partial charge in [-0.1, -0.05) is 30.3 Å². The summed E-state index contributed by atoms with van der Waals surface area (Å²) in [6, 6.07) is 14.8. The summed E-state index contributed by atoms with van der Waals surface area (Å²) in [6.07, 6.45) is 0. The van der Waals surface area contributed by atoms with Crippen LogP contribution < -0.4 is 9.47 Å². The molecule has 0 N–H and O–H groups in total. The Hall–Kier alpha value is -3.28. The smallest absolute Gasteiger partial charge is 0.354 e. The molecule has 0 aliphatic rings. The molecule has 0 radical (unpaired) electrons. The fourth-order valence-corrected chi connectivity index (χ4v) is 2.90. The van der Waals surface area contributed by atoms with Gasteiger partial charge in [-0.2, -0.15) is 0 Å². The van der Waals surface area contributed by atoms with E-state index in [9.17, 15) is 9.59 Å². The number of esters is 2. The molecule has 0 aliphatic heterocycles. The molecule has 6 heteroatoms. The molecule has 0 fully saturated rings. The fraction of sp³-hybridized carbons (Fsp3) is 0.200. The largest absolute Gasteiger partial charge is 0.496 e. The standard InChI is InChI=1S/C20H19NO5/c1-13(22)26-15-9-17-16(19(10-15)24-2)11-18(20(23)25-3)21(17)12-14-7-5-4-6-8-14/h4-11H,12H2,1-3H3. The van der Waals surface area contributed by atoms with Crippen molar-refractivity contribution in [3.8, 4) is 11.5 Å². The third kappa shape index (κ3) is 3.39. The van der Waals surface area contributed by atoms with Crippen LogP contribution >= 0.6 is 0 Å². The van der Waals surface area contributed by atoms with Crippen molar-refractivity contribution in [1.29, 1.82) is 0 Å². The average molecular weight is 353 g/mol. The third-order valence-corrected chi connectivity index (χ3v) is 4.02. The van der Waals surface area contributed by atoms with Crippen molar-refractivity contribution in [3.05, 3.63) is 59.8 Å². The van der Waals surface area contributed by atoms with Crippen LogP contribution in [-0.4, -0.2) is 30.7 Å². The van der Waals surface area contributed by atoms with E-state index < -0.39 is 11.9 Å². The van der Waals surface area contributed by atoms with Crippen molar-refractivity contribution >= 4 is 22.8 Å². The van der Waals surface area contributed by atoms with Crippen molar-refractivity contribution in [2.75, 3.05) is 14.2 Å². The van der Waals surface area contributed by atoms with Crippen LogP contribution in [0, 0.1) is 0 Å². The molecule has 1 aromatic heterocycles. The number of nitrogens with zero attached hydrogens (tertiary/aromatic N) is 1. The van der Waals surface area contributed by atoms with Gasteiger partial charge in [0.1, 0.15) is 17.2 Å². The van der Waals surface area contributed by atoms with E-state index in [0.717, 1.165) is 10.9 Å². The number of carbonyl (C=O) groups is 2. The second kappa shape index (κ2) is 7.31. The molecule has 2 aromatic carbocycles. The van der Waals surface area contributed by atoms with Crippen LogP contribution in [0.15, 0.2) is 48.5 Å². The molecular weight excluding hydrogens is 334 g/mol. The van der Waals surface area contributed by atoms with E-state index in [2.05, 4.69) is 0 Å². The maximum Gasteiger partial charge on any atom is 0.354 e. The molecule has 134 valence electrons. The Bertz CT molecular complexity index is 959. The highest BCUT2D eigenvalue weighted by Gasteiger charge is 2.20. The van der Waals surface area contributed by atoms with E-state index in [4.69, 9.17) is 14.2 Å². The van der Waals surface area contributed by atoms with Crippen molar-refractivity contribution < 1.29 is 23.8 Å². The quantitative estimate of drug-likeness (QED) is 0.519. The number of ether oxygens (including phenoxy) is 3. The molecule has 0 aliphatic carbocycles. The highest BCUT2D eigenvalue weighted by molar-refractivity contribution is 5.98. The monoisotopic (exact) mass is 353 g/mol. The van der Waals surface area contributed by atoms with Crippen molar-refractivity contribution in [1.82, 2.24) is 4.57 Å². The predicted molar refractivity (Wildman–Crippen MR) is 96.7 cm³/mol. The van der Waals surface area contributed by atoms with Gasteiger partial charge in [-0.15, -0.1) is 0 Å². The van der Waals surface area contributed by atoms with E-state index in [-0.39, 0.29) is 0 Å². The fourth-order valence-electron chi connectivity index (χ4n) is 2.90. The SMILES string of the molecule is COC(=O)c1cc2c(OC)cc(OC(C)=O)cc2n1Cc1ccccc1. The predicted octanol–water partition coefficient (Wildman–Crippen LogP) is 3.41. The Balaban J connectivity index is 2.23. The van der Waals surface area contributed by atoms with Gasteiger partial charge >= 0.3 is 11.9 Å². The molecule has 3 rings (SSSR count). The molecule has 6 nitrogen and oxygen atoms in total. The number of rotatable bonds is 5. The highest BCUT2D eigenvalue weighted by Crippen LogP contribution is 2.34. The Kier molecular flexibility index (Phi) is 4.93. The number of methoxy groups -OCH3 is 2. The Labute approximate surface area is 150 Å². The molecule has 0 unspecified atom stereocenters.